The molecule has 0 aliphatic carbocycles. The zero-order valence-corrected chi connectivity index (χ0v) is 7.81. The van der Waals surface area contributed by atoms with Gasteiger partial charge in [0.2, 0.25) is 0 Å². The second-order valence-electron chi connectivity index (χ2n) is 2.19. The van der Waals surface area contributed by atoms with Crippen molar-refractivity contribution in [2.24, 2.45) is 0 Å². The largest absolute Gasteiger partial charge is 0.384 e. The van der Waals surface area contributed by atoms with Crippen LogP contribution in [0.4, 0.5) is 5.82 Å². The molecule has 0 spiro atoms. The molecule has 0 bridgehead atoms. The number of nitrogens with zero attached hydrogens (tertiary/aromatic N) is 1. The normalized spacial score (nSPS) is 10.8. The van der Waals surface area contributed by atoms with Crippen molar-refractivity contribution in [2.45, 2.75) is 0 Å². The van der Waals surface area contributed by atoms with Gasteiger partial charge in [-0.15, -0.1) is 11.6 Å². The predicted molar refractivity (Wildman–Crippen MR) is 53.4 cm³/mol. The first-order chi connectivity index (χ1) is 5.74. The van der Waals surface area contributed by atoms with Crippen molar-refractivity contribution in [3.63, 3.8) is 0 Å². The van der Waals surface area contributed by atoms with Crippen molar-refractivity contribution in [1.29, 1.82) is 0 Å². The molecule has 1 aromatic rings. The highest BCUT2D eigenvalue weighted by molar-refractivity contribution is 6.32. The molecule has 0 unspecified atom stereocenters. The van der Waals surface area contributed by atoms with E-state index in [0.717, 1.165) is 5.56 Å². The van der Waals surface area contributed by atoms with Gasteiger partial charge in [-0.3, -0.25) is 0 Å². The van der Waals surface area contributed by atoms with E-state index in [0.29, 0.717) is 16.7 Å². The fraction of sp³-hybridized carbons (Fsp3) is 0.125. The Morgan fingerprint density at radius 2 is 2.33 bits per heavy atom. The predicted octanol–water partition coefficient (Wildman–Crippen LogP) is 2.57. The minimum Gasteiger partial charge on any atom is -0.384 e. The molecule has 0 amide bonds. The van der Waals surface area contributed by atoms with Crippen LogP contribution in [0.25, 0.3) is 6.08 Å². The number of anilines is 1. The van der Waals surface area contributed by atoms with E-state index >= 15 is 0 Å². The average molecular weight is 203 g/mol. The summed E-state index contributed by atoms with van der Waals surface area (Å²) in [4.78, 5) is 3.89. The summed E-state index contributed by atoms with van der Waals surface area (Å²) in [5, 5.41) is 0.587. The van der Waals surface area contributed by atoms with Crippen LogP contribution in [0.5, 0.6) is 0 Å². The first kappa shape index (κ1) is 9.36. The fourth-order valence-electron chi connectivity index (χ4n) is 0.750. The van der Waals surface area contributed by atoms with Gasteiger partial charge >= 0.3 is 0 Å². The van der Waals surface area contributed by atoms with Crippen LogP contribution < -0.4 is 5.73 Å². The van der Waals surface area contributed by atoms with E-state index in [1.807, 2.05) is 6.08 Å². The van der Waals surface area contributed by atoms with E-state index in [1.165, 1.54) is 0 Å². The topological polar surface area (TPSA) is 38.9 Å². The molecule has 2 N–H and O–H groups in total. The summed E-state index contributed by atoms with van der Waals surface area (Å²) in [5.74, 6) is 0.878. The van der Waals surface area contributed by atoms with E-state index < -0.39 is 0 Å². The molecule has 4 heteroatoms. The molecular weight excluding hydrogens is 195 g/mol. The molecule has 2 nitrogen and oxygen atoms in total. The molecule has 0 radical (unpaired) electrons. The SMILES string of the molecule is Nc1cc(Cl)c(C=CCCl)cn1. The molecule has 0 aliphatic heterocycles. The third-order valence-corrected chi connectivity index (χ3v) is 1.80. The molecule has 0 saturated carbocycles. The fourth-order valence-corrected chi connectivity index (χ4v) is 1.06. The number of rotatable bonds is 2. The second-order valence-corrected chi connectivity index (χ2v) is 2.90. The van der Waals surface area contributed by atoms with E-state index in [2.05, 4.69) is 4.98 Å². The molecule has 0 saturated heterocycles. The van der Waals surface area contributed by atoms with Crippen molar-refractivity contribution in [3.8, 4) is 0 Å². The first-order valence-corrected chi connectivity index (χ1v) is 4.29. The molecule has 0 aliphatic rings. The molecule has 0 fully saturated rings. The maximum Gasteiger partial charge on any atom is 0.124 e. The van der Waals surface area contributed by atoms with Crippen molar-refractivity contribution in [3.05, 3.63) is 28.9 Å². The van der Waals surface area contributed by atoms with Gasteiger partial charge in [0.05, 0.1) is 5.02 Å². The number of alkyl halides is 1. The summed E-state index contributed by atoms with van der Waals surface area (Å²) in [5.41, 5.74) is 6.24. The number of nitrogen functional groups attached to an aromatic ring is 1. The van der Waals surface area contributed by atoms with Crippen LogP contribution >= 0.6 is 23.2 Å². The van der Waals surface area contributed by atoms with Gasteiger partial charge in [0.25, 0.3) is 0 Å². The molecular formula is C8H8Cl2N2. The lowest BCUT2D eigenvalue weighted by molar-refractivity contribution is 1.32. The average Bonchev–Trinajstić information content (AvgIpc) is 2.03. The number of hydrogen-bond acceptors (Lipinski definition) is 2. The Morgan fingerprint density at radius 3 is 2.92 bits per heavy atom. The van der Waals surface area contributed by atoms with Gasteiger partial charge in [-0.1, -0.05) is 23.8 Å². The molecule has 64 valence electrons. The summed E-state index contributed by atoms with van der Waals surface area (Å²) >= 11 is 11.3. The Balaban J connectivity index is 2.94. The van der Waals surface area contributed by atoms with Crippen LogP contribution in [-0.4, -0.2) is 10.9 Å². The van der Waals surface area contributed by atoms with Crippen LogP contribution in [-0.2, 0) is 0 Å². The number of halogens is 2. The number of aromatic nitrogens is 1. The summed E-state index contributed by atoms with van der Waals surface area (Å²) in [6, 6.07) is 1.61. The lowest BCUT2D eigenvalue weighted by atomic mass is 10.2. The highest BCUT2D eigenvalue weighted by Gasteiger charge is 1.96. The van der Waals surface area contributed by atoms with E-state index in [1.54, 1.807) is 18.3 Å². The van der Waals surface area contributed by atoms with E-state index in [9.17, 15) is 0 Å². The molecule has 0 aromatic carbocycles. The van der Waals surface area contributed by atoms with Crippen molar-refractivity contribution < 1.29 is 0 Å². The minimum atomic E-state index is 0.419. The Morgan fingerprint density at radius 1 is 1.58 bits per heavy atom. The van der Waals surface area contributed by atoms with Crippen LogP contribution in [0.2, 0.25) is 5.02 Å². The molecule has 12 heavy (non-hydrogen) atoms. The third kappa shape index (κ3) is 2.40. The summed E-state index contributed by atoms with van der Waals surface area (Å²) in [7, 11) is 0. The van der Waals surface area contributed by atoms with Gasteiger partial charge in [0.1, 0.15) is 5.82 Å². The second kappa shape index (κ2) is 4.33. The molecule has 0 atom stereocenters. The van der Waals surface area contributed by atoms with Gasteiger partial charge in [-0.05, 0) is 6.07 Å². The van der Waals surface area contributed by atoms with Crippen LogP contribution in [0, 0.1) is 0 Å². The van der Waals surface area contributed by atoms with Gasteiger partial charge in [-0.25, -0.2) is 4.98 Å². The van der Waals surface area contributed by atoms with Gasteiger partial charge in [0.15, 0.2) is 0 Å². The first-order valence-electron chi connectivity index (χ1n) is 3.37. The van der Waals surface area contributed by atoms with E-state index in [-0.39, 0.29) is 0 Å². The van der Waals surface area contributed by atoms with Gasteiger partial charge in [0, 0.05) is 17.6 Å². The number of pyridine rings is 1. The van der Waals surface area contributed by atoms with Crippen molar-refractivity contribution >= 4 is 35.1 Å². The summed E-state index contributed by atoms with van der Waals surface area (Å²) in [6.45, 7) is 0. The van der Waals surface area contributed by atoms with Gasteiger partial charge < -0.3 is 5.73 Å². The van der Waals surface area contributed by atoms with Crippen LogP contribution in [0.1, 0.15) is 5.56 Å². The van der Waals surface area contributed by atoms with E-state index in [4.69, 9.17) is 28.9 Å². The highest BCUT2D eigenvalue weighted by atomic mass is 35.5. The molecule has 1 rings (SSSR count). The van der Waals surface area contributed by atoms with Crippen molar-refractivity contribution in [2.75, 3.05) is 11.6 Å². The maximum absolute atomic E-state index is 5.85. The Bertz CT molecular complexity index is 297. The van der Waals surface area contributed by atoms with Crippen LogP contribution in [0.3, 0.4) is 0 Å². The van der Waals surface area contributed by atoms with Crippen molar-refractivity contribution in [1.82, 2.24) is 4.98 Å². The maximum atomic E-state index is 5.85. The smallest absolute Gasteiger partial charge is 0.124 e. The summed E-state index contributed by atoms with van der Waals surface area (Å²) in [6.07, 6.45) is 5.21. The van der Waals surface area contributed by atoms with Crippen LogP contribution in [0.15, 0.2) is 18.3 Å². The zero-order chi connectivity index (χ0) is 8.97. The number of nitrogens with two attached hydrogens (primary N) is 1. The lowest BCUT2D eigenvalue weighted by Gasteiger charge is -1.97. The molecule has 1 aromatic heterocycles. The number of hydrogen-bond donors (Lipinski definition) is 1. The Kier molecular flexibility index (Phi) is 3.38. The summed E-state index contributed by atoms with van der Waals surface area (Å²) < 4.78 is 0. The Labute approximate surface area is 81.0 Å². The third-order valence-electron chi connectivity index (χ3n) is 1.29. The Hall–Kier alpha value is -0.730. The quantitative estimate of drug-likeness (QED) is 0.750. The zero-order valence-electron chi connectivity index (χ0n) is 6.30. The highest BCUT2D eigenvalue weighted by Crippen LogP contribution is 2.17. The van der Waals surface area contributed by atoms with Gasteiger partial charge in [-0.2, -0.15) is 0 Å². The number of allylic oxidation sites excluding steroid dienone is 1. The standard InChI is InChI=1S/C8H8Cl2N2/c9-3-1-2-6-5-12-8(11)4-7(6)10/h1-2,4-5H,3H2,(H2,11,12). The minimum absolute atomic E-state index is 0.419. The monoisotopic (exact) mass is 202 g/mol. The lowest BCUT2D eigenvalue weighted by Crippen LogP contribution is -1.89. The molecule has 1 heterocycles.